The van der Waals surface area contributed by atoms with Crippen molar-refractivity contribution >= 4 is 15.9 Å². The number of nitrogens with zero attached hydrogens (tertiary/aromatic N) is 1. The van der Waals surface area contributed by atoms with Crippen LogP contribution in [-0.2, 0) is 12.0 Å². The van der Waals surface area contributed by atoms with Crippen molar-refractivity contribution in [3.63, 3.8) is 0 Å². The molecule has 1 atom stereocenters. The zero-order chi connectivity index (χ0) is 11.9. The molecule has 1 aliphatic rings. The Hall–Kier alpha value is -1.19. The lowest BCUT2D eigenvalue weighted by molar-refractivity contribution is 0.0787. The van der Waals surface area contributed by atoms with E-state index in [1.165, 1.54) is 0 Å². The molecule has 0 spiro atoms. The van der Waals surface area contributed by atoms with Crippen molar-refractivity contribution in [3.05, 3.63) is 63.9 Å². The topological polar surface area (TPSA) is 33.1 Å². The first-order valence-electron chi connectivity index (χ1n) is 5.63. The predicted octanol–water partition coefficient (Wildman–Crippen LogP) is 3.03. The largest absolute Gasteiger partial charge is 0.379 e. The fraction of sp³-hybridized carbons (Fsp3) is 0.214. The molecule has 1 unspecified atom stereocenters. The molecule has 0 saturated carbocycles. The Morgan fingerprint density at radius 1 is 1.24 bits per heavy atom. The minimum atomic E-state index is -0.930. The van der Waals surface area contributed by atoms with Gasteiger partial charge in [-0.05, 0) is 42.2 Å². The molecule has 3 rings (SSSR count). The van der Waals surface area contributed by atoms with E-state index in [1.807, 2.05) is 36.4 Å². The summed E-state index contributed by atoms with van der Waals surface area (Å²) in [5.41, 5.74) is 1.93. The maximum atomic E-state index is 10.9. The van der Waals surface area contributed by atoms with Gasteiger partial charge in [-0.1, -0.05) is 34.1 Å². The summed E-state index contributed by atoms with van der Waals surface area (Å²) in [6.07, 6.45) is 3.33. The smallest absolute Gasteiger partial charge is 0.132 e. The molecular weight excluding hydrogens is 278 g/mol. The number of hydrogen-bond donors (Lipinski definition) is 1. The molecule has 1 heterocycles. The molecule has 1 aromatic carbocycles. The van der Waals surface area contributed by atoms with Crippen LogP contribution in [0, 0.1) is 0 Å². The standard InChI is InChI=1S/C14H12BrNO/c15-12-5-1-4-11(9-12)14(17)7-6-10-3-2-8-16-13(10)14/h1-5,8-9,17H,6-7H2. The van der Waals surface area contributed by atoms with Crippen LogP contribution < -0.4 is 0 Å². The van der Waals surface area contributed by atoms with Gasteiger partial charge < -0.3 is 5.11 Å². The van der Waals surface area contributed by atoms with Crippen LogP contribution in [0.4, 0.5) is 0 Å². The first-order chi connectivity index (χ1) is 8.20. The second-order valence-corrected chi connectivity index (χ2v) is 5.30. The molecule has 0 bridgehead atoms. The normalized spacial score (nSPS) is 22.5. The average Bonchev–Trinajstić information content (AvgIpc) is 2.69. The summed E-state index contributed by atoms with van der Waals surface area (Å²) in [5, 5.41) is 10.9. The van der Waals surface area contributed by atoms with E-state index in [0.717, 1.165) is 27.7 Å². The lowest BCUT2D eigenvalue weighted by atomic mass is 9.91. The zero-order valence-corrected chi connectivity index (χ0v) is 10.8. The number of aryl methyl sites for hydroxylation is 1. The highest BCUT2D eigenvalue weighted by atomic mass is 79.9. The molecule has 0 aliphatic heterocycles. The van der Waals surface area contributed by atoms with Crippen molar-refractivity contribution in [1.29, 1.82) is 0 Å². The summed E-state index contributed by atoms with van der Waals surface area (Å²) in [4.78, 5) is 4.35. The number of aromatic nitrogens is 1. The summed E-state index contributed by atoms with van der Waals surface area (Å²) >= 11 is 3.44. The molecule has 1 aliphatic carbocycles. The van der Waals surface area contributed by atoms with Crippen molar-refractivity contribution in [2.24, 2.45) is 0 Å². The third-order valence-corrected chi connectivity index (χ3v) is 3.83. The van der Waals surface area contributed by atoms with Crippen LogP contribution in [0.1, 0.15) is 23.2 Å². The molecule has 0 radical (unpaired) electrons. The van der Waals surface area contributed by atoms with Crippen LogP contribution in [0.5, 0.6) is 0 Å². The molecule has 0 amide bonds. The quantitative estimate of drug-likeness (QED) is 0.875. The molecule has 1 N–H and O–H groups in total. The highest BCUT2D eigenvalue weighted by molar-refractivity contribution is 9.10. The Kier molecular flexibility index (Phi) is 2.53. The Morgan fingerprint density at radius 2 is 2.12 bits per heavy atom. The zero-order valence-electron chi connectivity index (χ0n) is 9.23. The second-order valence-electron chi connectivity index (χ2n) is 4.38. The van der Waals surface area contributed by atoms with Crippen molar-refractivity contribution in [3.8, 4) is 0 Å². The van der Waals surface area contributed by atoms with Crippen molar-refractivity contribution in [1.82, 2.24) is 4.98 Å². The molecular formula is C14H12BrNO. The van der Waals surface area contributed by atoms with E-state index < -0.39 is 5.60 Å². The molecule has 1 aromatic heterocycles. The molecule has 0 fully saturated rings. The first-order valence-corrected chi connectivity index (χ1v) is 6.42. The van der Waals surface area contributed by atoms with Gasteiger partial charge in [-0.3, -0.25) is 4.98 Å². The maximum Gasteiger partial charge on any atom is 0.132 e. The number of hydrogen-bond acceptors (Lipinski definition) is 2. The van der Waals surface area contributed by atoms with E-state index in [9.17, 15) is 5.11 Å². The number of halogens is 1. The maximum absolute atomic E-state index is 10.9. The van der Waals surface area contributed by atoms with Crippen LogP contribution in [0.2, 0.25) is 0 Å². The van der Waals surface area contributed by atoms with Gasteiger partial charge in [-0.15, -0.1) is 0 Å². The SMILES string of the molecule is OC1(c2cccc(Br)c2)CCc2cccnc21. The monoisotopic (exact) mass is 289 g/mol. The van der Waals surface area contributed by atoms with Crippen LogP contribution >= 0.6 is 15.9 Å². The van der Waals surface area contributed by atoms with Gasteiger partial charge in [-0.25, -0.2) is 0 Å². The third kappa shape index (κ3) is 1.70. The number of pyridine rings is 1. The Morgan fingerprint density at radius 3 is 2.94 bits per heavy atom. The fourth-order valence-corrected chi connectivity index (χ4v) is 2.87. The number of benzene rings is 1. The second kappa shape index (κ2) is 3.93. The third-order valence-electron chi connectivity index (χ3n) is 3.34. The average molecular weight is 290 g/mol. The Balaban J connectivity index is 2.15. The number of rotatable bonds is 1. The van der Waals surface area contributed by atoms with Gasteiger partial charge in [0.25, 0.3) is 0 Å². The van der Waals surface area contributed by atoms with Crippen molar-refractivity contribution in [2.45, 2.75) is 18.4 Å². The van der Waals surface area contributed by atoms with Crippen LogP contribution in [0.3, 0.4) is 0 Å². The highest BCUT2D eigenvalue weighted by Crippen LogP contribution is 2.40. The Labute approximate surface area is 108 Å². The Bertz CT molecular complexity index is 570. The highest BCUT2D eigenvalue weighted by Gasteiger charge is 2.39. The molecule has 2 aromatic rings. The van der Waals surface area contributed by atoms with Gasteiger partial charge in [0, 0.05) is 10.7 Å². The minimum absolute atomic E-state index is 0.704. The molecule has 0 saturated heterocycles. The van der Waals surface area contributed by atoms with E-state index in [4.69, 9.17) is 0 Å². The molecule has 3 heteroatoms. The summed E-state index contributed by atoms with van der Waals surface area (Å²) < 4.78 is 0.979. The van der Waals surface area contributed by atoms with Crippen LogP contribution in [0.25, 0.3) is 0 Å². The van der Waals surface area contributed by atoms with Gasteiger partial charge in [0.2, 0.25) is 0 Å². The van der Waals surface area contributed by atoms with Crippen molar-refractivity contribution < 1.29 is 5.11 Å². The minimum Gasteiger partial charge on any atom is -0.379 e. The first kappa shape index (κ1) is 10.9. The van der Waals surface area contributed by atoms with E-state index in [2.05, 4.69) is 20.9 Å². The van der Waals surface area contributed by atoms with Gasteiger partial charge >= 0.3 is 0 Å². The summed E-state index contributed by atoms with van der Waals surface area (Å²) in [6.45, 7) is 0. The van der Waals surface area contributed by atoms with Gasteiger partial charge in [-0.2, -0.15) is 0 Å². The number of fused-ring (bicyclic) bond motifs is 1. The van der Waals surface area contributed by atoms with Crippen LogP contribution in [-0.4, -0.2) is 10.1 Å². The van der Waals surface area contributed by atoms with E-state index >= 15 is 0 Å². The molecule has 17 heavy (non-hydrogen) atoms. The van der Waals surface area contributed by atoms with Crippen LogP contribution in [0.15, 0.2) is 47.1 Å². The fourth-order valence-electron chi connectivity index (χ4n) is 2.47. The van der Waals surface area contributed by atoms with Crippen molar-refractivity contribution in [2.75, 3.05) is 0 Å². The van der Waals surface area contributed by atoms with E-state index in [1.54, 1.807) is 6.20 Å². The molecule has 86 valence electrons. The lowest BCUT2D eigenvalue weighted by Gasteiger charge is -2.23. The molecule has 2 nitrogen and oxygen atoms in total. The lowest BCUT2D eigenvalue weighted by Crippen LogP contribution is -2.24. The van der Waals surface area contributed by atoms with E-state index in [-0.39, 0.29) is 0 Å². The summed E-state index contributed by atoms with van der Waals surface area (Å²) in [5.74, 6) is 0. The summed E-state index contributed by atoms with van der Waals surface area (Å²) in [7, 11) is 0. The van der Waals surface area contributed by atoms with Gasteiger partial charge in [0.1, 0.15) is 5.60 Å². The number of aliphatic hydroxyl groups is 1. The predicted molar refractivity (Wildman–Crippen MR) is 69.7 cm³/mol. The van der Waals surface area contributed by atoms with Gasteiger partial charge in [0.15, 0.2) is 0 Å². The summed E-state index contributed by atoms with van der Waals surface area (Å²) in [6, 6.07) is 11.8. The van der Waals surface area contributed by atoms with Gasteiger partial charge in [0.05, 0.1) is 5.69 Å². The van der Waals surface area contributed by atoms with E-state index in [0.29, 0.717) is 6.42 Å².